The van der Waals surface area contributed by atoms with Gasteiger partial charge >= 0.3 is 0 Å². The lowest BCUT2D eigenvalue weighted by atomic mass is 9.93. The Hall–Kier alpha value is -4.74. The van der Waals surface area contributed by atoms with E-state index in [1.165, 1.54) is 12.1 Å². The molecule has 1 saturated heterocycles. The number of aromatic nitrogens is 5. The molecular weight excluding hydrogens is 649 g/mol. The second kappa shape index (κ2) is 11.5. The predicted molar refractivity (Wildman–Crippen MR) is 182 cm³/mol. The molecule has 0 spiro atoms. The number of pyridine rings is 3. The van der Waals surface area contributed by atoms with E-state index in [1.54, 1.807) is 36.6 Å². The molecule has 1 aromatic carbocycles. The molecule has 1 fully saturated rings. The van der Waals surface area contributed by atoms with Crippen LogP contribution in [0.3, 0.4) is 0 Å². The minimum Gasteiger partial charge on any atom is -0.421 e. The van der Waals surface area contributed by atoms with Gasteiger partial charge in [-0.25, -0.2) is 9.37 Å². The summed E-state index contributed by atoms with van der Waals surface area (Å²) < 4.78 is 20.8. The number of thiophene rings is 1. The monoisotopic (exact) mass is 677 g/mol. The van der Waals surface area contributed by atoms with E-state index >= 15 is 0 Å². The molecule has 9 rings (SSSR count). The van der Waals surface area contributed by atoms with Crippen molar-refractivity contribution in [3.8, 4) is 21.9 Å². The number of nitrogens with one attached hydrogen (secondary N) is 1. The number of benzene rings is 1. The summed E-state index contributed by atoms with van der Waals surface area (Å²) in [4.78, 5) is 31.4. The molecule has 2 aliphatic heterocycles. The first kappa shape index (κ1) is 29.4. The molecule has 9 nitrogen and oxygen atoms in total. The molecule has 6 aromatic rings. The second-order valence-electron chi connectivity index (χ2n) is 12.6. The van der Waals surface area contributed by atoms with Crippen molar-refractivity contribution in [3.05, 3.63) is 105 Å². The van der Waals surface area contributed by atoms with Crippen molar-refractivity contribution in [2.24, 2.45) is 0 Å². The lowest BCUT2D eigenvalue weighted by molar-refractivity contribution is 0.0776. The summed E-state index contributed by atoms with van der Waals surface area (Å²) in [5.41, 5.74) is 6.84. The number of hydrogen-bond acceptors (Lipinski definition) is 9. The average Bonchev–Trinajstić information content (AvgIpc) is 3.92. The van der Waals surface area contributed by atoms with Gasteiger partial charge in [0.15, 0.2) is 0 Å². The Morgan fingerprint density at radius 2 is 1.96 bits per heavy atom. The van der Waals surface area contributed by atoms with Crippen LogP contribution in [0.15, 0.2) is 59.4 Å². The molecule has 12 heteroatoms. The average molecular weight is 678 g/mol. The Morgan fingerprint density at radius 3 is 2.79 bits per heavy atom. The lowest BCUT2D eigenvalue weighted by Gasteiger charge is -2.16. The molecule has 1 aliphatic carbocycles. The summed E-state index contributed by atoms with van der Waals surface area (Å²) in [7, 11) is 0. The number of nitrogens with zero attached hydrogens (tertiary/aromatic N) is 6. The number of halogens is 2. The van der Waals surface area contributed by atoms with Gasteiger partial charge in [0, 0.05) is 42.5 Å². The van der Waals surface area contributed by atoms with E-state index in [9.17, 15) is 9.18 Å². The van der Waals surface area contributed by atoms with Gasteiger partial charge in [0.05, 0.1) is 44.3 Å². The van der Waals surface area contributed by atoms with Gasteiger partial charge in [-0.3, -0.25) is 14.8 Å². The maximum atomic E-state index is 14.2. The van der Waals surface area contributed by atoms with Crippen molar-refractivity contribution in [3.63, 3.8) is 0 Å². The number of carbonyl (C=O) groups is 1. The minimum atomic E-state index is -0.274. The molecule has 3 aliphatic rings. The number of rotatable bonds is 7. The molecule has 5 aromatic heterocycles. The fraction of sp³-hybridized carbons (Fsp3) is 0.278. The highest BCUT2D eigenvalue weighted by molar-refractivity contribution is 7.23. The maximum Gasteiger partial charge on any atom is 0.257 e. The highest BCUT2D eigenvalue weighted by Gasteiger charge is 2.45. The van der Waals surface area contributed by atoms with Crippen molar-refractivity contribution in [2.75, 3.05) is 11.9 Å². The number of carbonyl (C=O) groups excluding carboxylic acids is 1. The maximum absolute atomic E-state index is 14.2. The van der Waals surface area contributed by atoms with Crippen LogP contribution in [0.2, 0.25) is 5.02 Å². The summed E-state index contributed by atoms with van der Waals surface area (Å²) in [6.45, 7) is 2.45. The van der Waals surface area contributed by atoms with E-state index in [4.69, 9.17) is 26.0 Å². The van der Waals surface area contributed by atoms with Crippen LogP contribution in [0.25, 0.3) is 32.0 Å². The smallest absolute Gasteiger partial charge is 0.257 e. The Labute approximate surface area is 284 Å². The molecule has 1 unspecified atom stereocenters. The van der Waals surface area contributed by atoms with Crippen LogP contribution in [0, 0.1) is 12.7 Å². The van der Waals surface area contributed by atoms with Gasteiger partial charge in [0.1, 0.15) is 11.6 Å². The molecular formula is C36H29ClFN7O2S. The van der Waals surface area contributed by atoms with E-state index in [-0.39, 0.29) is 23.8 Å². The van der Waals surface area contributed by atoms with E-state index in [0.29, 0.717) is 47.3 Å². The fourth-order valence-electron chi connectivity index (χ4n) is 7.51. The molecule has 1 N–H and O–H groups in total. The second-order valence-corrected chi connectivity index (χ2v) is 14.1. The Morgan fingerprint density at radius 1 is 1.08 bits per heavy atom. The van der Waals surface area contributed by atoms with Gasteiger partial charge in [-0.05, 0) is 84.9 Å². The summed E-state index contributed by atoms with van der Waals surface area (Å²) in [6.07, 6.45) is 10.1. The Bertz CT molecular complexity index is 2250. The molecule has 1 amide bonds. The zero-order valence-electron chi connectivity index (χ0n) is 26.0. The summed E-state index contributed by atoms with van der Waals surface area (Å²) in [6, 6.07) is 10.6. The number of anilines is 1. The lowest BCUT2D eigenvalue weighted by Crippen LogP contribution is -2.22. The highest BCUT2D eigenvalue weighted by atomic mass is 35.5. The zero-order chi connectivity index (χ0) is 32.5. The van der Waals surface area contributed by atoms with Gasteiger partial charge in [-0.15, -0.1) is 21.5 Å². The first-order chi connectivity index (χ1) is 23.4. The van der Waals surface area contributed by atoms with E-state index in [1.807, 2.05) is 23.4 Å². The number of hydrogen-bond donors (Lipinski definition) is 1. The Balaban J connectivity index is 1.21. The topological polar surface area (TPSA) is 110 Å². The Kier molecular flexibility index (Phi) is 7.01. The molecule has 48 heavy (non-hydrogen) atoms. The normalized spacial score (nSPS) is 18.1. The summed E-state index contributed by atoms with van der Waals surface area (Å²) >= 11 is 8.05. The summed E-state index contributed by atoms with van der Waals surface area (Å²) in [5, 5.41) is 14.0. The van der Waals surface area contributed by atoms with Gasteiger partial charge in [-0.2, -0.15) is 0 Å². The third-order valence-electron chi connectivity index (χ3n) is 9.73. The SMILES string of the molecule is Cc1nnc(-c2c(CCc3ccc(F)cc3)nc3c(c2-c2cc4ccnc(N[C@H]5CCc6c(Cl)cncc65)c4s2)C(=O)N2CCCC32)o1. The van der Waals surface area contributed by atoms with Crippen LogP contribution in [0.5, 0.6) is 0 Å². The largest absolute Gasteiger partial charge is 0.421 e. The van der Waals surface area contributed by atoms with Crippen LogP contribution in [-0.2, 0) is 19.3 Å². The van der Waals surface area contributed by atoms with E-state index in [0.717, 1.165) is 80.1 Å². The fourth-order valence-corrected chi connectivity index (χ4v) is 8.93. The van der Waals surface area contributed by atoms with Gasteiger partial charge < -0.3 is 14.6 Å². The van der Waals surface area contributed by atoms with Gasteiger partial charge in [-0.1, -0.05) is 23.7 Å². The van der Waals surface area contributed by atoms with Crippen LogP contribution in [-0.4, -0.2) is 42.5 Å². The standard InChI is InChI=1S/C36H29ClFN7O2S/c1-18-43-44-35(47-18)29-26(10-6-19-4-7-21(38)8-5-19)41-32-27-3-2-14-45(27)36(46)31(32)30(29)28-15-20-12-13-40-34(33(20)48-28)42-25-11-9-22-23(25)16-39-17-24(22)37/h4-5,7-8,12-13,15-17,25,27H,2-3,6,9-11,14H2,1H3,(H,40,42)/t25-,27?/m0/s1. The van der Waals surface area contributed by atoms with E-state index < -0.39 is 0 Å². The number of aryl methyl sites for hydroxylation is 3. The van der Waals surface area contributed by atoms with E-state index in [2.05, 4.69) is 26.6 Å². The zero-order valence-corrected chi connectivity index (χ0v) is 27.5. The van der Waals surface area contributed by atoms with Crippen LogP contribution >= 0.6 is 22.9 Å². The molecule has 0 saturated carbocycles. The minimum absolute atomic E-state index is 0.0153. The van der Waals surface area contributed by atoms with Crippen molar-refractivity contribution < 1.29 is 13.6 Å². The first-order valence-electron chi connectivity index (χ1n) is 16.1. The molecule has 0 bridgehead atoms. The first-order valence-corrected chi connectivity index (χ1v) is 17.3. The van der Waals surface area contributed by atoms with Gasteiger partial charge in [0.2, 0.25) is 11.8 Å². The molecule has 240 valence electrons. The molecule has 2 atom stereocenters. The van der Waals surface area contributed by atoms with Crippen LogP contribution in [0.4, 0.5) is 10.2 Å². The van der Waals surface area contributed by atoms with Crippen molar-refractivity contribution in [1.82, 2.24) is 30.0 Å². The molecule has 0 radical (unpaired) electrons. The third-order valence-corrected chi connectivity index (χ3v) is 11.2. The van der Waals surface area contributed by atoms with Crippen LogP contribution in [0.1, 0.15) is 75.7 Å². The number of amides is 1. The highest BCUT2D eigenvalue weighted by Crippen LogP contribution is 2.50. The third kappa shape index (κ3) is 4.78. The quantitative estimate of drug-likeness (QED) is 0.181. The van der Waals surface area contributed by atoms with Crippen molar-refractivity contribution in [1.29, 1.82) is 0 Å². The van der Waals surface area contributed by atoms with Crippen molar-refractivity contribution in [2.45, 2.75) is 57.5 Å². The summed E-state index contributed by atoms with van der Waals surface area (Å²) in [5.74, 6) is 1.23. The number of fused-ring (bicyclic) bond motifs is 5. The predicted octanol–water partition coefficient (Wildman–Crippen LogP) is 8.08. The molecule has 7 heterocycles. The van der Waals surface area contributed by atoms with Crippen molar-refractivity contribution >= 4 is 44.7 Å². The van der Waals surface area contributed by atoms with Crippen LogP contribution < -0.4 is 5.32 Å². The van der Waals surface area contributed by atoms with Gasteiger partial charge in [0.25, 0.3) is 5.91 Å².